The topological polar surface area (TPSA) is 73.6 Å². The van der Waals surface area contributed by atoms with Crippen LogP contribution in [0.5, 0.6) is 0 Å². The Morgan fingerprint density at radius 3 is 2.24 bits per heavy atom. The van der Waals surface area contributed by atoms with Gasteiger partial charge in [-0.3, -0.25) is 0 Å². The molecular weight excluding hydrogens is 262 g/mol. The summed E-state index contributed by atoms with van der Waals surface area (Å²) in [7, 11) is 1.85. The highest BCUT2D eigenvalue weighted by molar-refractivity contribution is 5.65. The summed E-state index contributed by atoms with van der Waals surface area (Å²) >= 11 is 0. The predicted octanol–water partition coefficient (Wildman–Crippen LogP) is 3.57. The van der Waals surface area contributed by atoms with Crippen LogP contribution in [-0.2, 0) is 0 Å². The van der Waals surface area contributed by atoms with Gasteiger partial charge in [-0.2, -0.15) is 5.26 Å². The van der Waals surface area contributed by atoms with Gasteiger partial charge in [-0.05, 0) is 31.2 Å². The lowest BCUT2D eigenvalue weighted by Gasteiger charge is -2.15. The number of anilines is 3. The maximum Gasteiger partial charge on any atom is 0.139 e. The van der Waals surface area contributed by atoms with Crippen molar-refractivity contribution < 1.29 is 0 Å². The second-order valence-electron chi connectivity index (χ2n) is 5.12. The van der Waals surface area contributed by atoms with Crippen molar-refractivity contribution in [3.8, 4) is 6.07 Å². The van der Waals surface area contributed by atoms with Crippen LogP contribution >= 0.6 is 0 Å². The van der Waals surface area contributed by atoms with Crippen molar-refractivity contribution in [2.75, 3.05) is 17.7 Å². The van der Waals surface area contributed by atoms with Crippen LogP contribution in [0.1, 0.15) is 36.7 Å². The number of nitriles is 1. The molecule has 0 atom stereocenters. The van der Waals surface area contributed by atoms with E-state index >= 15 is 0 Å². The van der Waals surface area contributed by atoms with Crippen LogP contribution in [0.3, 0.4) is 0 Å². The summed E-state index contributed by atoms with van der Waals surface area (Å²) < 4.78 is 0. The fraction of sp³-hybridized carbons (Fsp3) is 0.312. The number of hydrogen-bond donors (Lipinski definition) is 2. The SMILES string of the molecule is CNc1nc(C(C)C)nc(Nc2ccc(C#N)cc2)c1C. The van der Waals surface area contributed by atoms with Gasteiger partial charge in [0.15, 0.2) is 0 Å². The summed E-state index contributed by atoms with van der Waals surface area (Å²) in [6, 6.07) is 9.40. The Hall–Kier alpha value is -2.61. The molecule has 1 heterocycles. The Balaban J connectivity index is 2.37. The van der Waals surface area contributed by atoms with Gasteiger partial charge >= 0.3 is 0 Å². The van der Waals surface area contributed by atoms with Gasteiger partial charge in [-0.25, -0.2) is 9.97 Å². The molecule has 0 amide bonds. The van der Waals surface area contributed by atoms with Crippen molar-refractivity contribution in [2.45, 2.75) is 26.7 Å². The Morgan fingerprint density at radius 2 is 1.71 bits per heavy atom. The Morgan fingerprint density at radius 1 is 1.10 bits per heavy atom. The van der Waals surface area contributed by atoms with Crippen LogP contribution in [0.25, 0.3) is 0 Å². The number of nitrogens with zero attached hydrogens (tertiary/aromatic N) is 3. The van der Waals surface area contributed by atoms with Gasteiger partial charge in [0, 0.05) is 24.2 Å². The van der Waals surface area contributed by atoms with Crippen LogP contribution in [0.2, 0.25) is 0 Å². The Labute approximate surface area is 125 Å². The molecule has 0 radical (unpaired) electrons. The van der Waals surface area contributed by atoms with Crippen molar-refractivity contribution >= 4 is 17.3 Å². The van der Waals surface area contributed by atoms with E-state index in [4.69, 9.17) is 5.26 Å². The van der Waals surface area contributed by atoms with Gasteiger partial charge in [-0.15, -0.1) is 0 Å². The molecule has 1 aromatic carbocycles. The molecule has 0 aliphatic carbocycles. The van der Waals surface area contributed by atoms with Crippen molar-refractivity contribution in [3.63, 3.8) is 0 Å². The van der Waals surface area contributed by atoms with E-state index in [-0.39, 0.29) is 5.92 Å². The first kappa shape index (κ1) is 14.8. The zero-order valence-electron chi connectivity index (χ0n) is 12.7. The third-order valence-corrected chi connectivity index (χ3v) is 3.19. The molecule has 0 unspecified atom stereocenters. The zero-order chi connectivity index (χ0) is 15.4. The molecule has 108 valence electrons. The molecule has 2 N–H and O–H groups in total. The van der Waals surface area contributed by atoms with E-state index in [0.717, 1.165) is 28.7 Å². The van der Waals surface area contributed by atoms with Gasteiger partial charge in [0.1, 0.15) is 17.5 Å². The van der Waals surface area contributed by atoms with Gasteiger partial charge in [0.2, 0.25) is 0 Å². The van der Waals surface area contributed by atoms with Crippen LogP contribution in [0, 0.1) is 18.3 Å². The molecule has 1 aromatic heterocycles. The maximum atomic E-state index is 8.83. The third-order valence-electron chi connectivity index (χ3n) is 3.19. The molecular formula is C16H19N5. The molecule has 2 aromatic rings. The fourth-order valence-corrected chi connectivity index (χ4v) is 1.92. The summed E-state index contributed by atoms with van der Waals surface area (Å²) in [6.07, 6.45) is 0. The lowest BCUT2D eigenvalue weighted by Crippen LogP contribution is -2.08. The van der Waals surface area contributed by atoms with Crippen LogP contribution in [0.4, 0.5) is 17.3 Å². The highest BCUT2D eigenvalue weighted by Gasteiger charge is 2.12. The van der Waals surface area contributed by atoms with Gasteiger partial charge in [-0.1, -0.05) is 13.8 Å². The average Bonchev–Trinajstić information content (AvgIpc) is 2.49. The monoisotopic (exact) mass is 281 g/mol. The number of benzene rings is 1. The molecule has 2 rings (SSSR count). The summed E-state index contributed by atoms with van der Waals surface area (Å²) in [5, 5.41) is 15.2. The molecule has 5 heteroatoms. The number of hydrogen-bond acceptors (Lipinski definition) is 5. The number of aromatic nitrogens is 2. The lowest BCUT2D eigenvalue weighted by molar-refractivity contribution is 0.775. The highest BCUT2D eigenvalue weighted by atomic mass is 15.1. The fourth-order valence-electron chi connectivity index (χ4n) is 1.92. The summed E-state index contributed by atoms with van der Waals surface area (Å²) in [5.74, 6) is 2.65. The first-order valence-electron chi connectivity index (χ1n) is 6.88. The summed E-state index contributed by atoms with van der Waals surface area (Å²) in [6.45, 7) is 6.10. The van der Waals surface area contributed by atoms with Gasteiger partial charge in [0.05, 0.1) is 11.6 Å². The van der Waals surface area contributed by atoms with Gasteiger partial charge in [0.25, 0.3) is 0 Å². The number of rotatable bonds is 4. The highest BCUT2D eigenvalue weighted by Crippen LogP contribution is 2.25. The van der Waals surface area contributed by atoms with E-state index in [2.05, 4.69) is 40.5 Å². The Bertz CT molecular complexity index is 668. The molecule has 0 fully saturated rings. The minimum Gasteiger partial charge on any atom is -0.373 e. The quantitative estimate of drug-likeness (QED) is 0.896. The maximum absolute atomic E-state index is 8.83. The first-order chi connectivity index (χ1) is 10.0. The molecule has 0 saturated carbocycles. The van der Waals surface area contributed by atoms with Crippen LogP contribution in [0.15, 0.2) is 24.3 Å². The van der Waals surface area contributed by atoms with Crippen LogP contribution < -0.4 is 10.6 Å². The van der Waals surface area contributed by atoms with E-state index in [9.17, 15) is 0 Å². The van der Waals surface area contributed by atoms with E-state index in [1.54, 1.807) is 12.1 Å². The summed E-state index contributed by atoms with van der Waals surface area (Å²) in [5.41, 5.74) is 2.50. The zero-order valence-corrected chi connectivity index (χ0v) is 12.7. The number of nitrogens with one attached hydrogen (secondary N) is 2. The minimum atomic E-state index is 0.249. The normalized spacial score (nSPS) is 10.3. The molecule has 0 bridgehead atoms. The molecule has 0 aliphatic rings. The lowest BCUT2D eigenvalue weighted by atomic mass is 10.2. The van der Waals surface area contributed by atoms with Crippen molar-refractivity contribution in [1.29, 1.82) is 5.26 Å². The van der Waals surface area contributed by atoms with Crippen LogP contribution in [-0.4, -0.2) is 17.0 Å². The average molecular weight is 281 g/mol. The van der Waals surface area contributed by atoms with Crippen molar-refractivity contribution in [3.05, 3.63) is 41.2 Å². The molecule has 21 heavy (non-hydrogen) atoms. The Kier molecular flexibility index (Phi) is 4.39. The largest absolute Gasteiger partial charge is 0.373 e. The smallest absolute Gasteiger partial charge is 0.139 e. The van der Waals surface area contributed by atoms with Crippen molar-refractivity contribution in [1.82, 2.24) is 9.97 Å². The van der Waals surface area contributed by atoms with E-state index < -0.39 is 0 Å². The van der Waals surface area contributed by atoms with Gasteiger partial charge < -0.3 is 10.6 Å². The predicted molar refractivity (Wildman–Crippen MR) is 84.8 cm³/mol. The second-order valence-corrected chi connectivity index (χ2v) is 5.12. The second kappa shape index (κ2) is 6.23. The molecule has 0 aliphatic heterocycles. The molecule has 0 saturated heterocycles. The summed E-state index contributed by atoms with van der Waals surface area (Å²) in [4.78, 5) is 9.11. The van der Waals surface area contributed by atoms with Crippen molar-refractivity contribution in [2.24, 2.45) is 0 Å². The first-order valence-corrected chi connectivity index (χ1v) is 6.88. The molecule has 5 nitrogen and oxygen atoms in total. The van der Waals surface area contributed by atoms with E-state index in [1.807, 2.05) is 26.1 Å². The van der Waals surface area contributed by atoms with E-state index in [0.29, 0.717) is 5.56 Å². The van der Waals surface area contributed by atoms with E-state index in [1.165, 1.54) is 0 Å². The minimum absolute atomic E-state index is 0.249. The standard InChI is InChI=1S/C16H19N5/c1-10(2)14-20-15(18-4)11(3)16(21-14)19-13-7-5-12(9-17)6-8-13/h5-8,10H,1-4H3,(H2,18,19,20,21). The third kappa shape index (κ3) is 3.29. The molecule has 0 spiro atoms.